The number of hydrogen-bond acceptors (Lipinski definition) is 7. The average Bonchev–Trinajstić information content (AvgIpc) is 3.04. The second kappa shape index (κ2) is 7.14. The Bertz CT molecular complexity index is 969. The van der Waals surface area contributed by atoms with Crippen molar-refractivity contribution in [3.05, 3.63) is 36.5 Å². The number of aryl methyl sites for hydroxylation is 2. The van der Waals surface area contributed by atoms with Gasteiger partial charge in [-0.1, -0.05) is 6.42 Å². The molecule has 3 rings (SSSR count). The predicted molar refractivity (Wildman–Crippen MR) is 94.6 cm³/mol. The fraction of sp³-hybridized carbons (Fsp3) is 0.375. The predicted octanol–water partition coefficient (Wildman–Crippen LogP) is 1.76. The van der Waals surface area contributed by atoms with E-state index in [9.17, 15) is 8.42 Å². The van der Waals surface area contributed by atoms with E-state index < -0.39 is 9.84 Å². The number of aromatic nitrogens is 5. The Morgan fingerprint density at radius 3 is 2.60 bits per heavy atom. The second-order valence-corrected chi connectivity index (χ2v) is 7.88. The summed E-state index contributed by atoms with van der Waals surface area (Å²) >= 11 is 0. The summed E-state index contributed by atoms with van der Waals surface area (Å²) in [5, 5.41) is -0.103. The number of imidazole rings is 1. The van der Waals surface area contributed by atoms with Gasteiger partial charge >= 0.3 is 0 Å². The van der Waals surface area contributed by atoms with Crippen molar-refractivity contribution in [1.29, 1.82) is 0 Å². The summed E-state index contributed by atoms with van der Waals surface area (Å²) in [6.07, 6.45) is 8.56. The highest BCUT2D eigenvalue weighted by Crippen LogP contribution is 2.21. The minimum atomic E-state index is -3.41. The van der Waals surface area contributed by atoms with Gasteiger partial charge in [-0.3, -0.25) is 0 Å². The third kappa shape index (κ3) is 3.76. The molecular formula is C16H20N6O2S. The third-order valence-electron chi connectivity index (χ3n) is 3.98. The fourth-order valence-electron chi connectivity index (χ4n) is 2.73. The van der Waals surface area contributed by atoms with Crippen LogP contribution < -0.4 is 5.73 Å². The van der Waals surface area contributed by atoms with E-state index in [1.807, 2.05) is 11.5 Å². The SMILES string of the molecule is Cc1cnc(N)c2ncn(CCCCCS(=O)(=O)c3ncccn3)c12. The number of hydrogen-bond donors (Lipinski definition) is 1. The van der Waals surface area contributed by atoms with E-state index in [-0.39, 0.29) is 10.9 Å². The quantitative estimate of drug-likeness (QED) is 0.504. The topological polar surface area (TPSA) is 117 Å². The minimum absolute atomic E-state index is 0.0532. The fourth-order valence-corrected chi connectivity index (χ4v) is 3.94. The molecule has 0 aliphatic heterocycles. The summed E-state index contributed by atoms with van der Waals surface area (Å²) in [4.78, 5) is 16.1. The van der Waals surface area contributed by atoms with Crippen LogP contribution in [0.25, 0.3) is 11.0 Å². The van der Waals surface area contributed by atoms with Crippen LogP contribution in [-0.4, -0.2) is 38.7 Å². The molecule has 0 saturated carbocycles. The van der Waals surface area contributed by atoms with E-state index in [0.29, 0.717) is 17.8 Å². The lowest BCUT2D eigenvalue weighted by atomic mass is 10.2. The summed E-state index contributed by atoms with van der Waals surface area (Å²) < 4.78 is 26.3. The molecule has 8 nitrogen and oxygen atoms in total. The van der Waals surface area contributed by atoms with Crippen LogP contribution in [0.3, 0.4) is 0 Å². The Labute approximate surface area is 146 Å². The maximum atomic E-state index is 12.1. The lowest BCUT2D eigenvalue weighted by molar-refractivity contribution is 0.573. The Hall–Kier alpha value is -2.55. The second-order valence-electron chi connectivity index (χ2n) is 5.87. The molecule has 3 aromatic heterocycles. The molecule has 0 unspecified atom stereocenters. The molecular weight excluding hydrogens is 340 g/mol. The lowest BCUT2D eigenvalue weighted by Gasteiger charge is -2.07. The number of pyridine rings is 1. The number of fused-ring (bicyclic) bond motifs is 1. The first-order valence-electron chi connectivity index (χ1n) is 8.05. The van der Waals surface area contributed by atoms with E-state index in [2.05, 4.69) is 19.9 Å². The maximum Gasteiger partial charge on any atom is 0.246 e. The number of unbranched alkanes of at least 4 members (excludes halogenated alkanes) is 2. The van der Waals surface area contributed by atoms with Crippen LogP contribution in [0.4, 0.5) is 5.82 Å². The first kappa shape index (κ1) is 17.3. The summed E-state index contributed by atoms with van der Waals surface area (Å²) in [6.45, 7) is 2.72. The van der Waals surface area contributed by atoms with Crippen LogP contribution in [0.15, 0.2) is 36.1 Å². The molecule has 0 aromatic carbocycles. The summed E-state index contributed by atoms with van der Waals surface area (Å²) in [5.74, 6) is 0.478. The van der Waals surface area contributed by atoms with E-state index in [1.54, 1.807) is 18.6 Å². The number of sulfone groups is 1. The van der Waals surface area contributed by atoms with Gasteiger partial charge in [-0.25, -0.2) is 28.4 Å². The summed E-state index contributed by atoms with van der Waals surface area (Å²) in [6, 6.07) is 1.60. The van der Waals surface area contributed by atoms with Gasteiger partial charge in [0.15, 0.2) is 5.82 Å². The molecule has 0 saturated heterocycles. The first-order chi connectivity index (χ1) is 12.0. The van der Waals surface area contributed by atoms with Crippen LogP contribution in [0, 0.1) is 6.92 Å². The summed E-state index contributed by atoms with van der Waals surface area (Å²) in [7, 11) is -3.41. The molecule has 0 radical (unpaired) electrons. The highest BCUT2D eigenvalue weighted by atomic mass is 32.2. The Balaban J connectivity index is 1.55. The standard InChI is InChI=1S/C16H20N6O2S/c1-12-10-20-15(17)13-14(12)22(11-21-13)8-3-2-4-9-25(23,24)16-18-6-5-7-19-16/h5-7,10-11H,2-4,8-9H2,1H3,(H2,17,20). The van der Waals surface area contributed by atoms with Crippen LogP contribution in [0.2, 0.25) is 0 Å². The van der Waals surface area contributed by atoms with Crippen molar-refractivity contribution in [1.82, 2.24) is 24.5 Å². The Morgan fingerprint density at radius 2 is 1.84 bits per heavy atom. The van der Waals surface area contributed by atoms with Gasteiger partial charge in [-0.05, 0) is 31.4 Å². The van der Waals surface area contributed by atoms with Crippen molar-refractivity contribution in [3.8, 4) is 0 Å². The number of anilines is 1. The molecule has 0 atom stereocenters. The zero-order chi connectivity index (χ0) is 17.9. The zero-order valence-corrected chi connectivity index (χ0v) is 14.8. The van der Waals surface area contributed by atoms with E-state index >= 15 is 0 Å². The van der Waals surface area contributed by atoms with Gasteiger partial charge < -0.3 is 10.3 Å². The molecule has 0 bridgehead atoms. The molecule has 0 amide bonds. The van der Waals surface area contributed by atoms with Crippen LogP contribution in [0.1, 0.15) is 24.8 Å². The maximum absolute atomic E-state index is 12.1. The largest absolute Gasteiger partial charge is 0.382 e. The van der Waals surface area contributed by atoms with Crippen molar-refractivity contribution >= 4 is 26.7 Å². The normalized spacial score (nSPS) is 11.9. The molecule has 2 N–H and O–H groups in total. The molecule has 0 aliphatic carbocycles. The number of nitrogens with zero attached hydrogens (tertiary/aromatic N) is 5. The molecule has 132 valence electrons. The lowest BCUT2D eigenvalue weighted by Crippen LogP contribution is -2.10. The third-order valence-corrected chi connectivity index (χ3v) is 5.58. The molecule has 0 fully saturated rings. The van der Waals surface area contributed by atoms with Gasteiger partial charge in [-0.2, -0.15) is 0 Å². The van der Waals surface area contributed by atoms with Crippen molar-refractivity contribution in [2.75, 3.05) is 11.5 Å². The van der Waals surface area contributed by atoms with Crippen LogP contribution in [-0.2, 0) is 16.4 Å². The summed E-state index contributed by atoms with van der Waals surface area (Å²) in [5.41, 5.74) is 8.57. The number of nitrogen functional groups attached to an aromatic ring is 1. The Morgan fingerprint density at radius 1 is 1.08 bits per heavy atom. The molecule has 25 heavy (non-hydrogen) atoms. The molecule has 0 spiro atoms. The Kier molecular flexibility index (Phi) is 4.93. The van der Waals surface area contributed by atoms with Gasteiger partial charge in [-0.15, -0.1) is 0 Å². The van der Waals surface area contributed by atoms with Crippen molar-refractivity contribution < 1.29 is 8.42 Å². The number of nitrogens with two attached hydrogens (primary N) is 1. The van der Waals surface area contributed by atoms with Gasteiger partial charge in [0, 0.05) is 25.1 Å². The average molecular weight is 360 g/mol. The van der Waals surface area contributed by atoms with Crippen LogP contribution in [0.5, 0.6) is 0 Å². The van der Waals surface area contributed by atoms with Crippen molar-refractivity contribution in [2.24, 2.45) is 0 Å². The van der Waals surface area contributed by atoms with Crippen molar-refractivity contribution in [3.63, 3.8) is 0 Å². The molecule has 3 aromatic rings. The molecule has 0 aliphatic rings. The van der Waals surface area contributed by atoms with Crippen LogP contribution >= 0.6 is 0 Å². The zero-order valence-electron chi connectivity index (χ0n) is 14.0. The van der Waals surface area contributed by atoms with E-state index in [0.717, 1.165) is 30.5 Å². The highest BCUT2D eigenvalue weighted by molar-refractivity contribution is 7.91. The monoisotopic (exact) mass is 360 g/mol. The van der Waals surface area contributed by atoms with Gasteiger partial charge in [0.05, 0.1) is 17.6 Å². The minimum Gasteiger partial charge on any atom is -0.382 e. The van der Waals surface area contributed by atoms with Gasteiger partial charge in [0.25, 0.3) is 0 Å². The van der Waals surface area contributed by atoms with E-state index in [4.69, 9.17) is 5.73 Å². The molecule has 9 heteroatoms. The first-order valence-corrected chi connectivity index (χ1v) is 9.70. The molecule has 3 heterocycles. The highest BCUT2D eigenvalue weighted by Gasteiger charge is 2.16. The van der Waals surface area contributed by atoms with Gasteiger partial charge in [0.1, 0.15) is 5.52 Å². The van der Waals surface area contributed by atoms with Crippen molar-refractivity contribution in [2.45, 2.75) is 37.9 Å². The number of rotatable bonds is 7. The smallest absolute Gasteiger partial charge is 0.246 e. The van der Waals surface area contributed by atoms with Gasteiger partial charge in [0.2, 0.25) is 15.0 Å². The van der Waals surface area contributed by atoms with E-state index in [1.165, 1.54) is 12.4 Å².